The second-order valence-electron chi connectivity index (χ2n) is 13.9. The molecule has 0 unspecified atom stereocenters. The van der Waals surface area contributed by atoms with E-state index in [1.54, 1.807) is 5.56 Å². The number of para-hydroxylation sites is 1. The number of rotatable bonds is 3. The van der Waals surface area contributed by atoms with Gasteiger partial charge >= 0.3 is 0 Å². The maximum Gasteiger partial charge on any atom is 0.0544 e. The number of aromatic nitrogens is 1. The molecule has 5 aromatic rings. The Morgan fingerprint density at radius 3 is 2.00 bits per heavy atom. The third-order valence-corrected chi connectivity index (χ3v) is 10.5. The van der Waals surface area contributed by atoms with Crippen LogP contribution in [-0.4, -0.2) is 4.57 Å². The van der Waals surface area contributed by atoms with Crippen molar-refractivity contribution in [3.63, 3.8) is 0 Å². The van der Waals surface area contributed by atoms with Crippen LogP contribution < -0.4 is 0 Å². The zero-order chi connectivity index (χ0) is 26.3. The van der Waals surface area contributed by atoms with Gasteiger partial charge in [0.2, 0.25) is 0 Å². The fraction of sp³-hybridized carbons (Fsp3) is 0.368. The van der Waals surface area contributed by atoms with Crippen LogP contribution in [-0.2, 0) is 5.41 Å². The van der Waals surface area contributed by atoms with Gasteiger partial charge in [-0.3, -0.25) is 0 Å². The van der Waals surface area contributed by atoms with Crippen LogP contribution in [0.3, 0.4) is 0 Å². The van der Waals surface area contributed by atoms with E-state index in [4.69, 9.17) is 0 Å². The summed E-state index contributed by atoms with van der Waals surface area (Å²) in [4.78, 5) is 0. The monoisotopic (exact) mass is 509 g/mol. The van der Waals surface area contributed by atoms with Gasteiger partial charge in [0, 0.05) is 16.5 Å². The maximum atomic E-state index is 2.46. The Morgan fingerprint density at radius 2 is 1.28 bits per heavy atom. The topological polar surface area (TPSA) is 4.93 Å². The molecule has 1 aromatic heterocycles. The van der Waals surface area contributed by atoms with Gasteiger partial charge in [-0.1, -0.05) is 87.5 Å². The SMILES string of the molecule is CC(C)(C)c1cccc2c1c1ccccc1n2-c1cccc(-c2ccc(C3C4C[C@H]5C[C@H](C4)C[C@H]3C5)cc2)c1. The lowest BCUT2D eigenvalue weighted by molar-refractivity contribution is -0.00277. The van der Waals surface area contributed by atoms with E-state index in [0.717, 1.165) is 29.6 Å². The van der Waals surface area contributed by atoms with Crippen molar-refractivity contribution in [1.82, 2.24) is 4.57 Å². The first-order valence-electron chi connectivity index (χ1n) is 15.2. The van der Waals surface area contributed by atoms with Crippen molar-refractivity contribution in [3.05, 3.63) is 102 Å². The zero-order valence-electron chi connectivity index (χ0n) is 23.5. The molecule has 0 spiro atoms. The molecule has 4 aliphatic rings. The van der Waals surface area contributed by atoms with E-state index < -0.39 is 0 Å². The highest BCUT2D eigenvalue weighted by Crippen LogP contribution is 2.59. The Hall–Kier alpha value is -3.32. The van der Waals surface area contributed by atoms with E-state index in [0.29, 0.717) is 0 Å². The Balaban J connectivity index is 1.19. The molecule has 196 valence electrons. The molecular weight excluding hydrogens is 470 g/mol. The first-order valence-corrected chi connectivity index (χ1v) is 15.2. The summed E-state index contributed by atoms with van der Waals surface area (Å²) >= 11 is 0. The Morgan fingerprint density at radius 1 is 0.615 bits per heavy atom. The van der Waals surface area contributed by atoms with Gasteiger partial charge in [0.15, 0.2) is 0 Å². The lowest BCUT2D eigenvalue weighted by Gasteiger charge is -2.54. The summed E-state index contributed by atoms with van der Waals surface area (Å²) in [6.45, 7) is 6.96. The minimum Gasteiger partial charge on any atom is -0.309 e. The second-order valence-corrected chi connectivity index (χ2v) is 13.9. The number of hydrogen-bond donors (Lipinski definition) is 0. The largest absolute Gasteiger partial charge is 0.309 e. The fourth-order valence-corrected chi connectivity index (χ4v) is 9.11. The number of benzene rings is 4. The fourth-order valence-electron chi connectivity index (χ4n) is 9.11. The summed E-state index contributed by atoms with van der Waals surface area (Å²) in [7, 11) is 0. The minimum atomic E-state index is 0.0787. The quantitative estimate of drug-likeness (QED) is 0.228. The van der Waals surface area contributed by atoms with Crippen LogP contribution in [0.1, 0.15) is 69.9 Å². The molecule has 9 rings (SSSR count). The molecular formula is C38H39N. The standard InChI is InChI=1S/C38H39N/c1-38(2,3)33-11-7-13-35-37(33)32-10-4-5-12-34(32)39(35)31-9-6-8-28(23-31)26-14-16-27(17-15-26)36-29-19-24-18-25(21-29)22-30(36)20-24/h4-17,23-25,29-30,36H,18-22H2,1-3H3/t24-,25-,29-,30?,36?/m0/s1. The highest BCUT2D eigenvalue weighted by atomic mass is 15.0. The highest BCUT2D eigenvalue weighted by molar-refractivity contribution is 6.11. The Bertz CT molecular complexity index is 1670. The molecule has 0 radical (unpaired) electrons. The van der Waals surface area contributed by atoms with Crippen molar-refractivity contribution < 1.29 is 0 Å². The summed E-state index contributed by atoms with van der Waals surface area (Å²) in [6, 6.07) is 34.6. The second kappa shape index (κ2) is 8.59. The molecule has 0 saturated heterocycles. The van der Waals surface area contributed by atoms with Crippen LogP contribution in [0.15, 0.2) is 91.0 Å². The summed E-state index contributed by atoms with van der Waals surface area (Å²) in [6.07, 6.45) is 7.46. The van der Waals surface area contributed by atoms with E-state index in [2.05, 4.69) is 116 Å². The summed E-state index contributed by atoms with van der Waals surface area (Å²) < 4.78 is 2.46. The Kier molecular flexibility index (Phi) is 5.19. The van der Waals surface area contributed by atoms with Crippen molar-refractivity contribution in [3.8, 4) is 16.8 Å². The van der Waals surface area contributed by atoms with Crippen molar-refractivity contribution in [1.29, 1.82) is 0 Å². The van der Waals surface area contributed by atoms with Crippen LogP contribution in [0, 0.1) is 23.7 Å². The van der Waals surface area contributed by atoms with Crippen LogP contribution in [0.5, 0.6) is 0 Å². The van der Waals surface area contributed by atoms with E-state index in [1.165, 1.54) is 76.3 Å². The normalized spacial score (nSPS) is 26.1. The van der Waals surface area contributed by atoms with Crippen LogP contribution >= 0.6 is 0 Å². The lowest BCUT2D eigenvalue weighted by atomic mass is 9.51. The lowest BCUT2D eigenvalue weighted by Crippen LogP contribution is -2.43. The average Bonchev–Trinajstić information content (AvgIpc) is 3.27. The summed E-state index contributed by atoms with van der Waals surface area (Å²) in [5.41, 5.74) is 9.50. The molecule has 0 amide bonds. The number of hydrogen-bond acceptors (Lipinski definition) is 0. The van der Waals surface area contributed by atoms with Gasteiger partial charge in [0.25, 0.3) is 0 Å². The molecule has 4 aromatic carbocycles. The molecule has 1 heteroatoms. The van der Waals surface area contributed by atoms with Crippen molar-refractivity contribution >= 4 is 21.8 Å². The average molecular weight is 510 g/mol. The number of fused-ring (bicyclic) bond motifs is 3. The third kappa shape index (κ3) is 3.73. The molecule has 4 saturated carbocycles. The molecule has 1 nitrogen and oxygen atoms in total. The Labute approximate surface area is 232 Å². The van der Waals surface area contributed by atoms with E-state index >= 15 is 0 Å². The van der Waals surface area contributed by atoms with Crippen molar-refractivity contribution in [2.75, 3.05) is 0 Å². The van der Waals surface area contributed by atoms with Gasteiger partial charge in [-0.05, 0) is 114 Å². The zero-order valence-corrected chi connectivity index (χ0v) is 23.5. The van der Waals surface area contributed by atoms with Crippen LogP contribution in [0.25, 0.3) is 38.6 Å². The summed E-state index contributed by atoms with van der Waals surface area (Å²) in [5, 5.41) is 2.72. The molecule has 4 fully saturated rings. The minimum absolute atomic E-state index is 0.0787. The van der Waals surface area contributed by atoms with Crippen molar-refractivity contribution in [2.45, 2.75) is 64.2 Å². The third-order valence-electron chi connectivity index (χ3n) is 10.5. The molecule has 4 aliphatic carbocycles. The maximum absolute atomic E-state index is 2.46. The summed E-state index contributed by atoms with van der Waals surface area (Å²) in [5.74, 6) is 4.73. The van der Waals surface area contributed by atoms with Gasteiger partial charge in [0.05, 0.1) is 11.0 Å². The van der Waals surface area contributed by atoms with Crippen molar-refractivity contribution in [2.24, 2.45) is 23.7 Å². The van der Waals surface area contributed by atoms with Crippen LogP contribution in [0.4, 0.5) is 0 Å². The van der Waals surface area contributed by atoms with Gasteiger partial charge in [-0.2, -0.15) is 0 Å². The molecule has 0 N–H and O–H groups in total. The smallest absolute Gasteiger partial charge is 0.0544 e. The van der Waals surface area contributed by atoms with Gasteiger partial charge in [-0.15, -0.1) is 0 Å². The molecule has 0 atom stereocenters. The predicted molar refractivity (Wildman–Crippen MR) is 165 cm³/mol. The molecule has 1 heterocycles. The molecule has 4 bridgehead atoms. The van der Waals surface area contributed by atoms with Gasteiger partial charge in [0.1, 0.15) is 0 Å². The van der Waals surface area contributed by atoms with Gasteiger partial charge < -0.3 is 4.57 Å². The first kappa shape index (κ1) is 23.6. The van der Waals surface area contributed by atoms with E-state index in [-0.39, 0.29) is 5.41 Å². The molecule has 0 aliphatic heterocycles. The molecule has 39 heavy (non-hydrogen) atoms. The van der Waals surface area contributed by atoms with Gasteiger partial charge in [-0.25, -0.2) is 0 Å². The van der Waals surface area contributed by atoms with E-state index in [1.807, 2.05) is 0 Å². The van der Waals surface area contributed by atoms with Crippen LogP contribution in [0.2, 0.25) is 0 Å². The highest BCUT2D eigenvalue weighted by Gasteiger charge is 2.48. The predicted octanol–water partition coefficient (Wildman–Crippen LogP) is 10.3. The van der Waals surface area contributed by atoms with E-state index in [9.17, 15) is 0 Å². The first-order chi connectivity index (χ1) is 18.9. The number of nitrogens with zero attached hydrogens (tertiary/aromatic N) is 1.